The highest BCUT2D eigenvalue weighted by atomic mass is 16.6. The number of nitrogens with one attached hydrogen (secondary N) is 1. The Bertz CT molecular complexity index is 1280. The van der Waals surface area contributed by atoms with E-state index in [0.717, 1.165) is 27.9 Å². The van der Waals surface area contributed by atoms with Crippen LogP contribution in [-0.2, 0) is 47.7 Å². The van der Waals surface area contributed by atoms with Gasteiger partial charge in [-0.15, -0.1) is 0 Å². The maximum Gasteiger partial charge on any atom is 0.303 e. The molecule has 0 saturated carbocycles. The van der Waals surface area contributed by atoms with E-state index in [1.165, 1.54) is 25.1 Å². The molecule has 0 aliphatic carbocycles. The summed E-state index contributed by atoms with van der Waals surface area (Å²) in [5, 5.41) is 2.38. The molecule has 0 bridgehead atoms. The molecule has 1 amide bonds. The molecule has 1 aromatic rings. The number of benzene rings is 1. The van der Waals surface area contributed by atoms with Crippen molar-refractivity contribution in [3.8, 4) is 0 Å². The summed E-state index contributed by atoms with van der Waals surface area (Å²) in [6, 6.07) is 7.73. The van der Waals surface area contributed by atoms with Crippen molar-refractivity contribution in [1.29, 1.82) is 0 Å². The highest BCUT2D eigenvalue weighted by Crippen LogP contribution is 2.46. The summed E-state index contributed by atoms with van der Waals surface area (Å²) < 4.78 is 27.7. The summed E-state index contributed by atoms with van der Waals surface area (Å²) in [6.07, 6.45) is -1.07. The standard InChI is InChI=1S/C28H31NO11/c1-7-8-14-20(37-16(3)30)22(38-17(4)31)21-15(2)23(33)27(40-21)25(39-18(5)32)28(36-6,29-26(27)35)24(34)19-12-10-9-11-13-19/h8-14,20,22,25H,7H2,1-6H3,(H,29,35)/b14-8+. The fourth-order valence-corrected chi connectivity index (χ4v) is 4.69. The third-order valence-corrected chi connectivity index (χ3v) is 6.39. The van der Waals surface area contributed by atoms with Crippen molar-refractivity contribution in [3.63, 3.8) is 0 Å². The second-order valence-corrected chi connectivity index (χ2v) is 9.18. The van der Waals surface area contributed by atoms with Crippen LogP contribution in [0.25, 0.3) is 0 Å². The average Bonchev–Trinajstić information content (AvgIpc) is 3.31. The molecule has 1 spiro atoms. The number of esters is 3. The lowest BCUT2D eigenvalue weighted by Crippen LogP contribution is -2.62. The van der Waals surface area contributed by atoms with E-state index in [1.54, 1.807) is 24.3 Å². The zero-order valence-corrected chi connectivity index (χ0v) is 23.0. The molecule has 2 aliphatic heterocycles. The molecule has 1 fully saturated rings. The Morgan fingerprint density at radius 3 is 2.17 bits per heavy atom. The summed E-state index contributed by atoms with van der Waals surface area (Å²) in [6.45, 7) is 6.39. The quantitative estimate of drug-likeness (QED) is 0.147. The number of ether oxygens (including phenoxy) is 5. The maximum absolute atomic E-state index is 13.9. The second kappa shape index (κ2) is 11.8. The zero-order chi connectivity index (χ0) is 29.8. The molecule has 2 heterocycles. The summed E-state index contributed by atoms with van der Waals surface area (Å²) in [5.74, 6) is -5.69. The number of hydrogen-bond acceptors (Lipinski definition) is 11. The van der Waals surface area contributed by atoms with Crippen LogP contribution >= 0.6 is 0 Å². The largest absolute Gasteiger partial charge is 0.465 e. The van der Waals surface area contributed by atoms with E-state index >= 15 is 0 Å². The Morgan fingerprint density at radius 1 is 1.02 bits per heavy atom. The SMILES string of the molecule is CC/C=C/C(OC(C)=O)C(OC(C)=O)C1=C(C)C(=O)C2(O1)C(=O)NC(OC)(C(=O)c1ccccc1)C2OC(C)=O. The predicted octanol–water partition coefficient (Wildman–Crippen LogP) is 1.72. The van der Waals surface area contributed by atoms with Gasteiger partial charge in [0.15, 0.2) is 18.0 Å². The molecule has 1 saturated heterocycles. The molecule has 0 aromatic heterocycles. The van der Waals surface area contributed by atoms with Crippen LogP contribution in [0.15, 0.2) is 53.8 Å². The van der Waals surface area contributed by atoms with Crippen LogP contribution in [0.1, 0.15) is 51.4 Å². The van der Waals surface area contributed by atoms with Gasteiger partial charge in [-0.3, -0.25) is 28.8 Å². The first-order valence-electron chi connectivity index (χ1n) is 12.5. The molecule has 12 nitrogen and oxygen atoms in total. The lowest BCUT2D eigenvalue weighted by Gasteiger charge is -2.35. The van der Waals surface area contributed by atoms with Crippen LogP contribution in [0, 0.1) is 0 Å². The number of ketones is 2. The third-order valence-electron chi connectivity index (χ3n) is 6.39. The Morgan fingerprint density at radius 2 is 1.65 bits per heavy atom. The minimum atomic E-state index is -2.63. The number of carbonyl (C=O) groups excluding carboxylic acids is 6. The Labute approximate surface area is 230 Å². The van der Waals surface area contributed by atoms with Gasteiger partial charge in [-0.25, -0.2) is 0 Å². The van der Waals surface area contributed by atoms with E-state index in [1.807, 2.05) is 6.92 Å². The molecule has 1 aromatic carbocycles. The summed E-state index contributed by atoms with van der Waals surface area (Å²) >= 11 is 0. The fourth-order valence-electron chi connectivity index (χ4n) is 4.69. The van der Waals surface area contributed by atoms with E-state index in [4.69, 9.17) is 23.7 Å². The number of rotatable bonds is 10. The lowest BCUT2D eigenvalue weighted by molar-refractivity contribution is -0.186. The van der Waals surface area contributed by atoms with Crippen LogP contribution in [0.5, 0.6) is 0 Å². The van der Waals surface area contributed by atoms with Crippen LogP contribution in [0.4, 0.5) is 0 Å². The van der Waals surface area contributed by atoms with E-state index in [2.05, 4.69) is 5.32 Å². The van der Waals surface area contributed by atoms with Crippen molar-refractivity contribution < 1.29 is 52.5 Å². The van der Waals surface area contributed by atoms with Crippen molar-refractivity contribution in [2.75, 3.05) is 7.11 Å². The molecule has 40 heavy (non-hydrogen) atoms. The van der Waals surface area contributed by atoms with Gasteiger partial charge in [-0.2, -0.15) is 0 Å². The minimum absolute atomic E-state index is 0.0895. The summed E-state index contributed by atoms with van der Waals surface area (Å²) in [4.78, 5) is 77.5. The van der Waals surface area contributed by atoms with Crippen LogP contribution in [0.2, 0.25) is 0 Å². The number of allylic oxidation sites excluding steroid dienone is 1. The lowest BCUT2D eigenvalue weighted by atomic mass is 9.84. The Balaban J connectivity index is 2.19. The first-order chi connectivity index (χ1) is 18.8. The van der Waals surface area contributed by atoms with Gasteiger partial charge in [0.05, 0.1) is 0 Å². The molecule has 5 atom stereocenters. The second-order valence-electron chi connectivity index (χ2n) is 9.18. The normalized spacial score (nSPS) is 25.4. The molecule has 2 aliphatic rings. The minimum Gasteiger partial charge on any atom is -0.465 e. The van der Waals surface area contributed by atoms with Gasteiger partial charge in [-0.05, 0) is 19.4 Å². The van der Waals surface area contributed by atoms with E-state index in [-0.39, 0.29) is 16.9 Å². The molecule has 214 valence electrons. The monoisotopic (exact) mass is 557 g/mol. The number of methoxy groups -OCH3 is 1. The summed E-state index contributed by atoms with van der Waals surface area (Å²) in [7, 11) is 1.10. The highest BCUT2D eigenvalue weighted by Gasteiger charge is 2.76. The molecule has 12 heteroatoms. The average molecular weight is 558 g/mol. The zero-order valence-electron chi connectivity index (χ0n) is 23.0. The van der Waals surface area contributed by atoms with Crippen molar-refractivity contribution in [2.24, 2.45) is 0 Å². The van der Waals surface area contributed by atoms with Crippen LogP contribution in [-0.4, -0.2) is 72.1 Å². The predicted molar refractivity (Wildman–Crippen MR) is 136 cm³/mol. The molecular weight excluding hydrogens is 526 g/mol. The van der Waals surface area contributed by atoms with Crippen LogP contribution < -0.4 is 5.32 Å². The van der Waals surface area contributed by atoms with Crippen molar-refractivity contribution >= 4 is 35.4 Å². The van der Waals surface area contributed by atoms with Crippen LogP contribution in [0.3, 0.4) is 0 Å². The van der Waals surface area contributed by atoms with Gasteiger partial charge < -0.3 is 29.0 Å². The van der Waals surface area contributed by atoms with Gasteiger partial charge >= 0.3 is 17.9 Å². The molecule has 3 rings (SSSR count). The third kappa shape index (κ3) is 5.26. The van der Waals surface area contributed by atoms with Crippen molar-refractivity contribution in [2.45, 2.75) is 70.7 Å². The van der Waals surface area contributed by atoms with Gasteiger partial charge in [0.1, 0.15) is 0 Å². The van der Waals surface area contributed by atoms with Gasteiger partial charge in [0.25, 0.3) is 11.5 Å². The Hall–Kier alpha value is -4.32. The van der Waals surface area contributed by atoms with Gasteiger partial charge in [0.2, 0.25) is 23.4 Å². The molecule has 5 unspecified atom stereocenters. The smallest absolute Gasteiger partial charge is 0.303 e. The number of hydrogen-bond donors (Lipinski definition) is 1. The van der Waals surface area contributed by atoms with Gasteiger partial charge in [0, 0.05) is 39.0 Å². The van der Waals surface area contributed by atoms with E-state index < -0.39 is 65.0 Å². The molecular formula is C28H31NO11. The maximum atomic E-state index is 13.9. The topological polar surface area (TPSA) is 161 Å². The van der Waals surface area contributed by atoms with Gasteiger partial charge in [-0.1, -0.05) is 43.3 Å². The molecule has 1 N–H and O–H groups in total. The number of Topliss-reactive ketones (excluding diaryl/α,β-unsaturated/α-hetero) is 2. The first-order valence-corrected chi connectivity index (χ1v) is 12.5. The summed E-state index contributed by atoms with van der Waals surface area (Å²) in [5.41, 5.74) is -5.07. The number of carbonyl (C=O) groups is 6. The highest BCUT2D eigenvalue weighted by molar-refractivity contribution is 6.23. The number of amides is 1. The molecule has 0 radical (unpaired) electrons. The Kier molecular flexibility index (Phi) is 8.93. The first kappa shape index (κ1) is 30.2. The van der Waals surface area contributed by atoms with E-state index in [9.17, 15) is 28.8 Å². The fraction of sp³-hybridized carbons (Fsp3) is 0.429. The van der Waals surface area contributed by atoms with E-state index in [0.29, 0.717) is 6.42 Å². The van der Waals surface area contributed by atoms with Crippen molar-refractivity contribution in [1.82, 2.24) is 5.32 Å². The van der Waals surface area contributed by atoms with Crippen molar-refractivity contribution in [3.05, 3.63) is 59.4 Å².